The van der Waals surface area contributed by atoms with Gasteiger partial charge in [-0.15, -0.1) is 0 Å². The molecule has 0 aromatic heterocycles. The van der Waals surface area contributed by atoms with E-state index in [1.165, 1.54) is 26.2 Å². The predicted molar refractivity (Wildman–Crippen MR) is 115 cm³/mol. The Bertz CT molecular complexity index is 901. The fourth-order valence-corrected chi connectivity index (χ4v) is 3.34. The van der Waals surface area contributed by atoms with Crippen molar-refractivity contribution in [2.75, 3.05) is 40.2 Å². The number of hydrogen-bond acceptors (Lipinski definition) is 5. The van der Waals surface area contributed by atoms with Crippen LogP contribution in [0, 0.1) is 6.92 Å². The van der Waals surface area contributed by atoms with E-state index in [0.717, 1.165) is 10.0 Å². The van der Waals surface area contributed by atoms with Crippen LogP contribution in [0.25, 0.3) is 0 Å². The molecule has 0 aliphatic heterocycles. The maximum absolute atomic E-state index is 12.6. The molecule has 0 heterocycles. The SMILES string of the molecule is COc1ccc(CC(=O)N(C)CC(=O)Nc2ccc(Br)cc2C)c(OC)c1OC. The minimum Gasteiger partial charge on any atom is -0.493 e. The molecule has 0 atom stereocenters. The third-order valence-electron chi connectivity index (χ3n) is 4.40. The van der Waals surface area contributed by atoms with E-state index in [1.54, 1.807) is 19.2 Å². The van der Waals surface area contributed by atoms with E-state index in [0.29, 0.717) is 28.5 Å². The fraction of sp³-hybridized carbons (Fsp3) is 0.333. The highest BCUT2D eigenvalue weighted by Crippen LogP contribution is 2.40. The van der Waals surface area contributed by atoms with Gasteiger partial charge in [0.15, 0.2) is 11.5 Å². The van der Waals surface area contributed by atoms with E-state index < -0.39 is 0 Å². The van der Waals surface area contributed by atoms with Gasteiger partial charge < -0.3 is 24.4 Å². The molecule has 0 saturated carbocycles. The summed E-state index contributed by atoms with van der Waals surface area (Å²) in [5, 5.41) is 2.83. The molecule has 2 aromatic rings. The smallest absolute Gasteiger partial charge is 0.243 e. The normalized spacial score (nSPS) is 10.3. The summed E-state index contributed by atoms with van der Waals surface area (Å²) in [4.78, 5) is 26.4. The minimum atomic E-state index is -0.273. The number of carbonyl (C=O) groups excluding carboxylic acids is 2. The van der Waals surface area contributed by atoms with Gasteiger partial charge in [-0.2, -0.15) is 0 Å². The zero-order valence-corrected chi connectivity index (χ0v) is 18.8. The summed E-state index contributed by atoms with van der Waals surface area (Å²) in [5.41, 5.74) is 2.28. The molecule has 2 rings (SSSR count). The summed E-state index contributed by atoms with van der Waals surface area (Å²) in [5.74, 6) is 0.872. The molecule has 0 aliphatic carbocycles. The average Bonchev–Trinajstić information content (AvgIpc) is 2.69. The van der Waals surface area contributed by atoms with Crippen molar-refractivity contribution in [3.63, 3.8) is 0 Å². The van der Waals surface area contributed by atoms with Crippen molar-refractivity contribution in [2.45, 2.75) is 13.3 Å². The summed E-state index contributed by atoms with van der Waals surface area (Å²) in [6.07, 6.45) is 0.0601. The molecular weight excluding hydrogens is 440 g/mol. The zero-order valence-electron chi connectivity index (χ0n) is 17.2. The Morgan fingerprint density at radius 1 is 1.03 bits per heavy atom. The summed E-state index contributed by atoms with van der Waals surface area (Å²) < 4.78 is 17.0. The van der Waals surface area contributed by atoms with E-state index in [2.05, 4.69) is 21.2 Å². The van der Waals surface area contributed by atoms with Crippen LogP contribution in [0.3, 0.4) is 0 Å². The highest BCUT2D eigenvalue weighted by molar-refractivity contribution is 9.10. The molecule has 8 heteroatoms. The summed E-state index contributed by atoms with van der Waals surface area (Å²) in [7, 11) is 6.13. The number of rotatable bonds is 8. The van der Waals surface area contributed by atoms with E-state index in [-0.39, 0.29) is 24.8 Å². The Morgan fingerprint density at radius 3 is 2.31 bits per heavy atom. The van der Waals surface area contributed by atoms with E-state index in [1.807, 2.05) is 25.1 Å². The first kappa shape index (κ1) is 22.5. The largest absolute Gasteiger partial charge is 0.493 e. The number of nitrogens with one attached hydrogen (secondary N) is 1. The lowest BCUT2D eigenvalue weighted by molar-refractivity contribution is -0.132. The van der Waals surface area contributed by atoms with Gasteiger partial charge in [-0.1, -0.05) is 22.0 Å². The lowest BCUT2D eigenvalue weighted by Gasteiger charge is -2.19. The Morgan fingerprint density at radius 2 is 1.72 bits per heavy atom. The number of carbonyl (C=O) groups is 2. The van der Waals surface area contributed by atoms with Gasteiger partial charge >= 0.3 is 0 Å². The van der Waals surface area contributed by atoms with Gasteiger partial charge in [0.05, 0.1) is 34.3 Å². The van der Waals surface area contributed by atoms with Gasteiger partial charge in [-0.25, -0.2) is 0 Å². The lowest BCUT2D eigenvalue weighted by Crippen LogP contribution is -2.36. The Hall–Kier alpha value is -2.74. The van der Waals surface area contributed by atoms with Gasteiger partial charge in [-0.3, -0.25) is 9.59 Å². The molecule has 0 radical (unpaired) electrons. The average molecular weight is 465 g/mol. The second-order valence-electron chi connectivity index (χ2n) is 6.43. The molecule has 1 N–H and O–H groups in total. The molecule has 0 bridgehead atoms. The molecule has 29 heavy (non-hydrogen) atoms. The Labute approximate surface area is 179 Å². The van der Waals surface area contributed by atoms with Crippen molar-refractivity contribution in [1.82, 2.24) is 4.90 Å². The molecule has 0 aliphatic rings. The van der Waals surface area contributed by atoms with Crippen LogP contribution in [-0.2, 0) is 16.0 Å². The number of halogens is 1. The molecule has 2 amide bonds. The maximum atomic E-state index is 12.6. The van der Waals surface area contributed by atoms with Crippen LogP contribution in [0.15, 0.2) is 34.8 Å². The number of benzene rings is 2. The maximum Gasteiger partial charge on any atom is 0.243 e. The number of ether oxygens (including phenoxy) is 3. The van der Waals surface area contributed by atoms with Crippen LogP contribution in [-0.4, -0.2) is 51.6 Å². The summed E-state index contributed by atoms with van der Waals surface area (Å²) in [6.45, 7) is 1.84. The third kappa shape index (κ3) is 5.63. The molecular formula is C21H25BrN2O5. The molecule has 2 aromatic carbocycles. The zero-order chi connectivity index (χ0) is 21.6. The van der Waals surface area contributed by atoms with Gasteiger partial charge in [0.2, 0.25) is 17.6 Å². The van der Waals surface area contributed by atoms with Crippen molar-refractivity contribution < 1.29 is 23.8 Å². The van der Waals surface area contributed by atoms with Crippen LogP contribution < -0.4 is 19.5 Å². The van der Waals surface area contributed by atoms with Gasteiger partial charge in [0.25, 0.3) is 0 Å². The number of amides is 2. The molecule has 0 spiro atoms. The Balaban J connectivity index is 2.06. The van der Waals surface area contributed by atoms with Crippen molar-refractivity contribution >= 4 is 33.4 Å². The minimum absolute atomic E-state index is 0.0601. The molecule has 0 unspecified atom stereocenters. The van der Waals surface area contributed by atoms with Crippen molar-refractivity contribution in [2.24, 2.45) is 0 Å². The molecule has 156 valence electrons. The van der Waals surface area contributed by atoms with E-state index >= 15 is 0 Å². The van der Waals surface area contributed by atoms with E-state index in [9.17, 15) is 9.59 Å². The highest BCUT2D eigenvalue weighted by Gasteiger charge is 2.20. The lowest BCUT2D eigenvalue weighted by atomic mass is 10.1. The highest BCUT2D eigenvalue weighted by atomic mass is 79.9. The second-order valence-corrected chi connectivity index (χ2v) is 7.34. The summed E-state index contributed by atoms with van der Waals surface area (Å²) in [6, 6.07) is 9.03. The van der Waals surface area contributed by atoms with Crippen LogP contribution in [0.2, 0.25) is 0 Å². The van der Waals surface area contributed by atoms with Gasteiger partial charge in [0, 0.05) is 22.8 Å². The van der Waals surface area contributed by atoms with Gasteiger partial charge in [-0.05, 0) is 36.8 Å². The number of aryl methyl sites for hydroxylation is 1. The topological polar surface area (TPSA) is 77.1 Å². The monoisotopic (exact) mass is 464 g/mol. The van der Waals surface area contributed by atoms with Gasteiger partial charge in [0.1, 0.15) is 0 Å². The van der Waals surface area contributed by atoms with Crippen molar-refractivity contribution in [3.8, 4) is 17.2 Å². The third-order valence-corrected chi connectivity index (χ3v) is 4.89. The first-order chi connectivity index (χ1) is 13.8. The quantitative estimate of drug-likeness (QED) is 0.647. The molecule has 0 saturated heterocycles. The van der Waals surface area contributed by atoms with Crippen molar-refractivity contribution in [3.05, 3.63) is 45.9 Å². The molecule has 0 fully saturated rings. The Kier molecular flexibility index (Phi) is 7.90. The van der Waals surface area contributed by atoms with Crippen LogP contribution in [0.4, 0.5) is 5.69 Å². The second kappa shape index (κ2) is 10.2. The number of nitrogens with zero attached hydrogens (tertiary/aromatic N) is 1. The number of anilines is 1. The fourth-order valence-electron chi connectivity index (χ4n) is 2.86. The number of hydrogen-bond donors (Lipinski definition) is 1. The van der Waals surface area contributed by atoms with E-state index in [4.69, 9.17) is 14.2 Å². The van der Waals surface area contributed by atoms with Crippen molar-refractivity contribution in [1.29, 1.82) is 0 Å². The van der Waals surface area contributed by atoms with Crippen LogP contribution in [0.5, 0.6) is 17.2 Å². The van der Waals surface area contributed by atoms with Crippen LogP contribution in [0.1, 0.15) is 11.1 Å². The predicted octanol–water partition coefficient (Wildman–Crippen LogP) is 3.42. The first-order valence-electron chi connectivity index (χ1n) is 8.88. The number of methoxy groups -OCH3 is 3. The standard InChI is InChI=1S/C21H25BrN2O5/c1-13-10-15(22)7-8-16(13)23-18(25)12-24(2)19(26)11-14-6-9-17(27-3)21(29-5)20(14)28-4/h6-10H,11-12H2,1-5H3,(H,23,25). The first-order valence-corrected chi connectivity index (χ1v) is 9.67. The summed E-state index contributed by atoms with van der Waals surface area (Å²) >= 11 is 3.39. The molecule has 7 nitrogen and oxygen atoms in total. The van der Waals surface area contributed by atoms with Crippen LogP contribution >= 0.6 is 15.9 Å². The number of likely N-dealkylation sites (N-methyl/N-ethyl adjacent to an activating group) is 1.